The third-order valence-electron chi connectivity index (χ3n) is 1.87. The predicted molar refractivity (Wildman–Crippen MR) is 68.6 cm³/mol. The highest BCUT2D eigenvalue weighted by Crippen LogP contribution is 2.10. The molecule has 0 aromatic rings. The second-order valence-corrected chi connectivity index (χ2v) is 5.26. The second kappa shape index (κ2) is 7.18. The molecule has 0 bridgehead atoms. The van der Waals surface area contributed by atoms with Gasteiger partial charge < -0.3 is 14.9 Å². The third-order valence-corrected chi connectivity index (χ3v) is 2.14. The highest BCUT2D eigenvalue weighted by atomic mass is 32.1. The number of aliphatic hydroxyl groups excluding tert-OH is 1. The van der Waals surface area contributed by atoms with Gasteiger partial charge in [-0.05, 0) is 27.2 Å². The Balaban J connectivity index is 4.44. The summed E-state index contributed by atoms with van der Waals surface area (Å²) >= 11 is 4.29. The van der Waals surface area contributed by atoms with E-state index < -0.39 is 5.60 Å². The molecule has 94 valence electrons. The maximum atomic E-state index is 9.49. The van der Waals surface area contributed by atoms with E-state index in [1.807, 2.05) is 13.8 Å². The van der Waals surface area contributed by atoms with E-state index >= 15 is 0 Å². The fourth-order valence-electron chi connectivity index (χ4n) is 1.02. The van der Waals surface area contributed by atoms with Crippen LogP contribution in [-0.2, 0) is 4.74 Å². The zero-order valence-corrected chi connectivity index (χ0v) is 11.3. The van der Waals surface area contributed by atoms with Crippen LogP contribution in [0.4, 0.5) is 0 Å². The van der Waals surface area contributed by atoms with Crippen molar-refractivity contribution in [1.29, 1.82) is 0 Å². The fourth-order valence-corrected chi connectivity index (χ4v) is 1.16. The molecule has 2 N–H and O–H groups in total. The quantitative estimate of drug-likeness (QED) is 0.505. The number of hydrogen-bond acceptors (Lipinski definition) is 4. The van der Waals surface area contributed by atoms with E-state index in [1.165, 1.54) is 0 Å². The third kappa shape index (κ3) is 8.00. The Hall–Kier alpha value is -0.210. The van der Waals surface area contributed by atoms with Crippen molar-refractivity contribution in [3.8, 4) is 11.8 Å². The van der Waals surface area contributed by atoms with Gasteiger partial charge in [0.1, 0.15) is 11.7 Å². The fraction of sp³-hybridized carbons (Fsp3) is 0.833. The molecule has 0 fully saturated rings. The smallest absolute Gasteiger partial charge is 0.129 e. The van der Waals surface area contributed by atoms with E-state index in [4.69, 9.17) is 9.84 Å². The van der Waals surface area contributed by atoms with Gasteiger partial charge in [0.05, 0.1) is 6.10 Å². The van der Waals surface area contributed by atoms with Crippen LogP contribution in [0, 0.1) is 11.8 Å². The molecule has 0 saturated heterocycles. The first-order valence-electron chi connectivity index (χ1n) is 5.45. The van der Waals surface area contributed by atoms with Crippen molar-refractivity contribution in [3.63, 3.8) is 0 Å². The molecule has 0 aliphatic carbocycles. The molecule has 0 unspecified atom stereocenters. The molecule has 4 heteroatoms. The van der Waals surface area contributed by atoms with E-state index in [-0.39, 0.29) is 24.1 Å². The number of thiol groups is 1. The van der Waals surface area contributed by atoms with Crippen molar-refractivity contribution in [1.82, 2.24) is 0 Å². The summed E-state index contributed by atoms with van der Waals surface area (Å²) in [6.07, 6.45) is 0.165. The summed E-state index contributed by atoms with van der Waals surface area (Å²) in [5.74, 6) is 5.59. The van der Waals surface area contributed by atoms with Gasteiger partial charge in [-0.15, -0.1) is 0 Å². The maximum absolute atomic E-state index is 9.49. The van der Waals surface area contributed by atoms with Gasteiger partial charge in [0, 0.05) is 11.9 Å². The monoisotopic (exact) mass is 246 g/mol. The number of rotatable bonds is 5. The Morgan fingerprint density at radius 1 is 1.38 bits per heavy atom. The van der Waals surface area contributed by atoms with Gasteiger partial charge in [-0.3, -0.25) is 0 Å². The molecule has 0 saturated carbocycles. The number of ether oxygens (including phenoxy) is 1. The first-order chi connectivity index (χ1) is 7.26. The Bertz CT molecular complexity index is 247. The van der Waals surface area contributed by atoms with Crippen LogP contribution < -0.4 is 0 Å². The largest absolute Gasteiger partial charge is 0.396 e. The van der Waals surface area contributed by atoms with Crippen molar-refractivity contribution in [2.24, 2.45) is 0 Å². The lowest BCUT2D eigenvalue weighted by Crippen LogP contribution is -2.27. The molecule has 3 nitrogen and oxygen atoms in total. The van der Waals surface area contributed by atoms with E-state index in [2.05, 4.69) is 24.5 Å². The lowest BCUT2D eigenvalue weighted by Gasteiger charge is -2.20. The molecular weight excluding hydrogens is 224 g/mol. The van der Waals surface area contributed by atoms with Gasteiger partial charge in [-0.25, -0.2) is 0 Å². The summed E-state index contributed by atoms with van der Waals surface area (Å²) in [7, 11) is 0. The highest BCUT2D eigenvalue weighted by Gasteiger charge is 2.16. The SMILES string of the molecule is C[C@H](CCO)O[C@@H](C#CC(C)(C)O)[C@@H](C)S. The molecule has 0 heterocycles. The van der Waals surface area contributed by atoms with Gasteiger partial charge in [0.25, 0.3) is 0 Å². The average Bonchev–Trinajstić information content (AvgIpc) is 2.10. The standard InChI is InChI=1S/C12H22O3S/c1-9(6-8-13)15-11(10(2)16)5-7-12(3,4)14/h9-11,13-14,16H,6,8H2,1-4H3/t9-,10-,11+/m1/s1. The van der Waals surface area contributed by atoms with Crippen LogP contribution >= 0.6 is 12.6 Å². The minimum atomic E-state index is -1.02. The molecule has 0 spiro atoms. The van der Waals surface area contributed by atoms with Gasteiger partial charge >= 0.3 is 0 Å². The summed E-state index contributed by atoms with van der Waals surface area (Å²) in [4.78, 5) is 0. The minimum Gasteiger partial charge on any atom is -0.396 e. The van der Waals surface area contributed by atoms with Gasteiger partial charge in [-0.2, -0.15) is 12.6 Å². The molecule has 0 aliphatic heterocycles. The summed E-state index contributed by atoms with van der Waals surface area (Å²) in [5, 5.41) is 18.2. The molecule has 0 radical (unpaired) electrons. The number of aliphatic hydroxyl groups is 2. The van der Waals surface area contributed by atoms with Crippen molar-refractivity contribution in [3.05, 3.63) is 0 Å². The Kier molecular flexibility index (Phi) is 7.09. The minimum absolute atomic E-state index is 0.0454. The van der Waals surface area contributed by atoms with Crippen LogP contribution in [0.2, 0.25) is 0 Å². The summed E-state index contributed by atoms with van der Waals surface area (Å²) in [6, 6.07) is 0. The lowest BCUT2D eigenvalue weighted by atomic mass is 10.1. The molecule has 0 rings (SSSR count). The zero-order chi connectivity index (χ0) is 12.8. The van der Waals surface area contributed by atoms with Crippen molar-refractivity contribution < 1.29 is 14.9 Å². The first kappa shape index (κ1) is 15.8. The van der Waals surface area contributed by atoms with E-state index in [0.717, 1.165) is 0 Å². The first-order valence-corrected chi connectivity index (χ1v) is 5.97. The summed E-state index contributed by atoms with van der Waals surface area (Å²) in [5.41, 5.74) is -1.02. The van der Waals surface area contributed by atoms with Crippen LogP contribution in [0.25, 0.3) is 0 Å². The zero-order valence-electron chi connectivity index (χ0n) is 10.4. The topological polar surface area (TPSA) is 49.7 Å². The Labute approximate surface area is 104 Å². The van der Waals surface area contributed by atoms with E-state index in [0.29, 0.717) is 6.42 Å². The van der Waals surface area contributed by atoms with Crippen LogP contribution in [0.15, 0.2) is 0 Å². The van der Waals surface area contributed by atoms with Crippen molar-refractivity contribution >= 4 is 12.6 Å². The van der Waals surface area contributed by atoms with Gasteiger partial charge in [-0.1, -0.05) is 18.8 Å². The highest BCUT2D eigenvalue weighted by molar-refractivity contribution is 7.81. The Morgan fingerprint density at radius 2 is 1.94 bits per heavy atom. The van der Waals surface area contributed by atoms with Crippen LogP contribution in [0.3, 0.4) is 0 Å². The van der Waals surface area contributed by atoms with Crippen LogP contribution in [0.5, 0.6) is 0 Å². The Morgan fingerprint density at radius 3 is 2.31 bits per heavy atom. The molecular formula is C12H22O3S. The van der Waals surface area contributed by atoms with Crippen LogP contribution in [0.1, 0.15) is 34.1 Å². The van der Waals surface area contributed by atoms with Crippen molar-refractivity contribution in [2.45, 2.75) is 57.2 Å². The molecule has 3 atom stereocenters. The average molecular weight is 246 g/mol. The molecule has 0 aromatic heterocycles. The molecule has 16 heavy (non-hydrogen) atoms. The van der Waals surface area contributed by atoms with E-state index in [1.54, 1.807) is 13.8 Å². The summed E-state index contributed by atoms with van der Waals surface area (Å²) in [6.45, 7) is 7.10. The summed E-state index contributed by atoms with van der Waals surface area (Å²) < 4.78 is 5.63. The lowest BCUT2D eigenvalue weighted by molar-refractivity contribution is 0.0165. The predicted octanol–water partition coefficient (Wildman–Crippen LogP) is 1.24. The van der Waals surface area contributed by atoms with Crippen molar-refractivity contribution in [2.75, 3.05) is 6.61 Å². The maximum Gasteiger partial charge on any atom is 0.129 e. The second-order valence-electron chi connectivity index (χ2n) is 4.45. The molecule has 0 aliphatic rings. The van der Waals surface area contributed by atoms with Crippen LogP contribution in [-0.4, -0.2) is 39.9 Å². The number of hydrogen-bond donors (Lipinski definition) is 3. The van der Waals surface area contributed by atoms with E-state index in [9.17, 15) is 5.11 Å². The molecule has 0 aromatic carbocycles. The van der Waals surface area contributed by atoms with Gasteiger partial charge in [0.15, 0.2) is 0 Å². The molecule has 0 amide bonds. The van der Waals surface area contributed by atoms with Gasteiger partial charge in [0.2, 0.25) is 0 Å². The normalized spacial score (nSPS) is 17.2.